The molecule has 1 fully saturated rings. The van der Waals surface area contributed by atoms with Gasteiger partial charge in [-0.3, -0.25) is 14.4 Å². The Bertz CT molecular complexity index is 1160. The molecule has 2 aromatic rings. The van der Waals surface area contributed by atoms with Gasteiger partial charge in [0.1, 0.15) is 6.61 Å². The molecule has 2 heterocycles. The quantitative estimate of drug-likeness (QED) is 0.448. The number of esters is 1. The fourth-order valence-electron chi connectivity index (χ4n) is 5.35. The summed E-state index contributed by atoms with van der Waals surface area (Å²) in [7, 11) is 0. The van der Waals surface area contributed by atoms with Crippen LogP contribution in [-0.2, 0) is 36.9 Å². The molecular formula is C31H39N3O6. The fourth-order valence-corrected chi connectivity index (χ4v) is 5.35. The van der Waals surface area contributed by atoms with Crippen LogP contribution in [0.4, 0.5) is 10.5 Å². The molecule has 1 N–H and O–H groups in total. The first-order valence-electron chi connectivity index (χ1n) is 14.2. The molecular weight excluding hydrogens is 510 g/mol. The van der Waals surface area contributed by atoms with E-state index in [9.17, 15) is 19.2 Å². The molecule has 0 aromatic heterocycles. The van der Waals surface area contributed by atoms with Crippen LogP contribution in [0.1, 0.15) is 50.2 Å². The van der Waals surface area contributed by atoms with E-state index in [2.05, 4.69) is 5.32 Å². The average molecular weight is 550 g/mol. The van der Waals surface area contributed by atoms with Crippen LogP contribution in [0.25, 0.3) is 0 Å². The van der Waals surface area contributed by atoms with Crippen molar-refractivity contribution in [1.29, 1.82) is 0 Å². The molecule has 0 aliphatic carbocycles. The normalized spacial score (nSPS) is 17.1. The third kappa shape index (κ3) is 8.07. The Morgan fingerprint density at radius 3 is 2.40 bits per heavy atom. The predicted molar refractivity (Wildman–Crippen MR) is 150 cm³/mol. The van der Waals surface area contributed by atoms with Crippen LogP contribution >= 0.6 is 0 Å². The lowest BCUT2D eigenvalue weighted by molar-refractivity contribution is -0.143. The zero-order valence-corrected chi connectivity index (χ0v) is 23.2. The highest BCUT2D eigenvalue weighted by Gasteiger charge is 2.33. The Morgan fingerprint density at radius 1 is 0.925 bits per heavy atom. The van der Waals surface area contributed by atoms with E-state index in [1.54, 1.807) is 16.7 Å². The van der Waals surface area contributed by atoms with Crippen molar-refractivity contribution in [2.45, 2.75) is 52.1 Å². The molecule has 0 spiro atoms. The van der Waals surface area contributed by atoms with Gasteiger partial charge in [-0.2, -0.15) is 0 Å². The molecule has 9 heteroatoms. The van der Waals surface area contributed by atoms with Gasteiger partial charge in [0.05, 0.1) is 18.9 Å². The Hall–Kier alpha value is -3.88. The summed E-state index contributed by atoms with van der Waals surface area (Å²) in [6.45, 7) is 4.07. The van der Waals surface area contributed by atoms with Crippen molar-refractivity contribution in [3.05, 3.63) is 65.7 Å². The molecule has 3 amide bonds. The van der Waals surface area contributed by atoms with Crippen molar-refractivity contribution in [3.63, 3.8) is 0 Å². The number of para-hydroxylation sites is 1. The van der Waals surface area contributed by atoms with Crippen LogP contribution in [0.2, 0.25) is 0 Å². The van der Waals surface area contributed by atoms with E-state index in [1.807, 2.05) is 54.6 Å². The van der Waals surface area contributed by atoms with Crippen LogP contribution < -0.4 is 10.2 Å². The van der Waals surface area contributed by atoms with E-state index in [1.165, 1.54) is 0 Å². The molecule has 2 aliphatic rings. The van der Waals surface area contributed by atoms with Crippen LogP contribution in [-0.4, -0.2) is 61.6 Å². The van der Waals surface area contributed by atoms with Crippen molar-refractivity contribution in [3.8, 4) is 0 Å². The maximum atomic E-state index is 13.4. The minimum absolute atomic E-state index is 0.00109. The van der Waals surface area contributed by atoms with Gasteiger partial charge in [-0.05, 0) is 55.7 Å². The van der Waals surface area contributed by atoms with Gasteiger partial charge in [0.15, 0.2) is 0 Å². The molecule has 2 aliphatic heterocycles. The van der Waals surface area contributed by atoms with E-state index < -0.39 is 0 Å². The minimum Gasteiger partial charge on any atom is -0.466 e. The van der Waals surface area contributed by atoms with Crippen molar-refractivity contribution >= 4 is 29.6 Å². The van der Waals surface area contributed by atoms with Crippen molar-refractivity contribution in [2.24, 2.45) is 11.8 Å². The van der Waals surface area contributed by atoms with Gasteiger partial charge in [-0.1, -0.05) is 48.5 Å². The largest absolute Gasteiger partial charge is 0.466 e. The fraction of sp³-hybridized carbons (Fsp3) is 0.484. The number of fused-ring (bicyclic) bond motifs is 1. The lowest BCUT2D eigenvalue weighted by atomic mass is 9.90. The number of rotatable bonds is 10. The zero-order valence-electron chi connectivity index (χ0n) is 23.2. The maximum Gasteiger partial charge on any atom is 0.410 e. The molecule has 0 saturated carbocycles. The predicted octanol–water partition coefficient (Wildman–Crippen LogP) is 4.09. The summed E-state index contributed by atoms with van der Waals surface area (Å²) in [6.07, 6.45) is 3.15. The van der Waals surface area contributed by atoms with E-state index >= 15 is 0 Å². The number of ether oxygens (including phenoxy) is 2. The van der Waals surface area contributed by atoms with Crippen molar-refractivity contribution in [1.82, 2.24) is 10.2 Å². The van der Waals surface area contributed by atoms with Crippen LogP contribution in [0.5, 0.6) is 0 Å². The van der Waals surface area contributed by atoms with Gasteiger partial charge >= 0.3 is 12.1 Å². The van der Waals surface area contributed by atoms with E-state index in [-0.39, 0.29) is 49.4 Å². The second-order valence-electron chi connectivity index (χ2n) is 10.4. The molecule has 1 unspecified atom stereocenters. The molecule has 40 heavy (non-hydrogen) atoms. The summed E-state index contributed by atoms with van der Waals surface area (Å²) in [4.78, 5) is 53.8. The molecule has 1 saturated heterocycles. The molecule has 0 radical (unpaired) electrons. The molecule has 0 bridgehead atoms. The molecule has 4 rings (SSSR count). The number of hydrogen-bond acceptors (Lipinski definition) is 6. The number of nitrogens with one attached hydrogen (secondary N) is 1. The highest BCUT2D eigenvalue weighted by Crippen LogP contribution is 2.31. The van der Waals surface area contributed by atoms with Crippen molar-refractivity contribution in [2.75, 3.05) is 37.7 Å². The maximum absolute atomic E-state index is 13.4. The zero-order chi connectivity index (χ0) is 28.3. The standard InChI is InChI=1S/C31H39N3O6/c1-2-39-29(36)14-17-32-30(37)26-20-25-10-6-7-11-27(25)34(21-26)28(35)13-12-23-15-18-33(19-16-23)31(38)40-22-24-8-4-3-5-9-24/h3-11,23,26H,2,12-22H2,1H3,(H,32,37). The number of carbonyl (C=O) groups excluding carboxylic acids is 4. The lowest BCUT2D eigenvalue weighted by Crippen LogP contribution is -2.46. The van der Waals surface area contributed by atoms with E-state index in [0.717, 1.165) is 36.1 Å². The van der Waals surface area contributed by atoms with Crippen LogP contribution in [0, 0.1) is 11.8 Å². The monoisotopic (exact) mass is 549 g/mol. The Labute approximate surface area is 235 Å². The summed E-state index contributed by atoms with van der Waals surface area (Å²) < 4.78 is 10.4. The number of amides is 3. The number of nitrogens with zero attached hydrogens (tertiary/aromatic N) is 2. The van der Waals surface area contributed by atoms with Gasteiger partial charge in [0.2, 0.25) is 11.8 Å². The van der Waals surface area contributed by atoms with Gasteiger partial charge in [0.25, 0.3) is 0 Å². The van der Waals surface area contributed by atoms with Gasteiger partial charge in [-0.15, -0.1) is 0 Å². The molecule has 1 atom stereocenters. The summed E-state index contributed by atoms with van der Waals surface area (Å²) >= 11 is 0. The Morgan fingerprint density at radius 2 is 1.65 bits per heavy atom. The highest BCUT2D eigenvalue weighted by atomic mass is 16.6. The number of carbonyl (C=O) groups is 4. The second-order valence-corrected chi connectivity index (χ2v) is 10.4. The van der Waals surface area contributed by atoms with Gasteiger partial charge in [-0.25, -0.2) is 4.79 Å². The van der Waals surface area contributed by atoms with Crippen LogP contribution in [0.15, 0.2) is 54.6 Å². The van der Waals surface area contributed by atoms with E-state index in [4.69, 9.17) is 9.47 Å². The average Bonchev–Trinajstić information content (AvgIpc) is 2.99. The third-order valence-corrected chi connectivity index (χ3v) is 7.60. The number of likely N-dealkylation sites (tertiary alicyclic amines) is 1. The van der Waals surface area contributed by atoms with Crippen LogP contribution in [0.3, 0.4) is 0 Å². The molecule has 9 nitrogen and oxygen atoms in total. The third-order valence-electron chi connectivity index (χ3n) is 7.60. The second kappa shape index (κ2) is 14.5. The first kappa shape index (κ1) is 29.1. The number of anilines is 1. The summed E-state index contributed by atoms with van der Waals surface area (Å²) in [6, 6.07) is 17.3. The summed E-state index contributed by atoms with van der Waals surface area (Å²) in [5.74, 6) is -0.539. The Balaban J connectivity index is 1.24. The summed E-state index contributed by atoms with van der Waals surface area (Å²) in [5, 5.41) is 2.83. The number of benzene rings is 2. The minimum atomic E-state index is -0.383. The van der Waals surface area contributed by atoms with Gasteiger partial charge in [0, 0.05) is 38.3 Å². The SMILES string of the molecule is CCOC(=O)CCNC(=O)C1Cc2ccccc2N(C(=O)CCC2CCN(C(=O)OCc3ccccc3)CC2)C1. The summed E-state index contributed by atoms with van der Waals surface area (Å²) in [5.41, 5.74) is 2.79. The number of hydrogen-bond donors (Lipinski definition) is 1. The van der Waals surface area contributed by atoms with E-state index in [0.29, 0.717) is 45.0 Å². The first-order valence-corrected chi connectivity index (χ1v) is 14.2. The Kier molecular flexibility index (Phi) is 10.5. The van der Waals surface area contributed by atoms with Gasteiger partial charge < -0.3 is 24.6 Å². The first-order chi connectivity index (χ1) is 19.4. The highest BCUT2D eigenvalue weighted by molar-refractivity contribution is 5.96. The molecule has 214 valence electrons. The topological polar surface area (TPSA) is 105 Å². The smallest absolute Gasteiger partial charge is 0.410 e. The number of piperidine rings is 1. The van der Waals surface area contributed by atoms with Crippen molar-refractivity contribution < 1.29 is 28.7 Å². The lowest BCUT2D eigenvalue weighted by Gasteiger charge is -2.35. The molecule has 2 aromatic carbocycles.